The molecule has 2 fully saturated rings. The average molecular weight is 446 g/mol. The van der Waals surface area contributed by atoms with E-state index in [1.165, 1.54) is 45.1 Å². The van der Waals surface area contributed by atoms with Crippen LogP contribution in [-0.2, 0) is 13.6 Å². The molecule has 24 heavy (non-hydrogen) atoms. The van der Waals surface area contributed by atoms with Gasteiger partial charge in [0.05, 0.1) is 0 Å². The minimum Gasteiger partial charge on any atom is -0.356 e. The normalized spacial score (nSPS) is 19.3. The highest BCUT2D eigenvalue weighted by atomic mass is 127. The van der Waals surface area contributed by atoms with Crippen molar-refractivity contribution in [2.24, 2.45) is 17.5 Å². The first-order chi connectivity index (χ1) is 11.1. The number of rotatable bonds is 5. The third kappa shape index (κ3) is 4.21. The molecule has 0 amide bonds. The second kappa shape index (κ2) is 8.49. The number of nitrogens with one attached hydrogen (secondary N) is 1. The zero-order valence-electron chi connectivity index (χ0n) is 15.2. The van der Waals surface area contributed by atoms with Gasteiger partial charge in [0.1, 0.15) is 12.4 Å². The van der Waals surface area contributed by atoms with Gasteiger partial charge >= 0.3 is 0 Å². The lowest BCUT2D eigenvalue weighted by atomic mass is 9.68. The molecule has 6 nitrogen and oxygen atoms in total. The molecule has 0 atom stereocenters. The van der Waals surface area contributed by atoms with Crippen LogP contribution in [0.2, 0.25) is 0 Å². The van der Waals surface area contributed by atoms with Crippen LogP contribution in [-0.4, -0.2) is 45.3 Å². The van der Waals surface area contributed by atoms with Crippen molar-refractivity contribution in [2.75, 3.05) is 19.6 Å². The van der Waals surface area contributed by atoms with Gasteiger partial charge in [0, 0.05) is 26.7 Å². The summed E-state index contributed by atoms with van der Waals surface area (Å²) in [6, 6.07) is 0. The third-order valence-electron chi connectivity index (χ3n) is 5.52. The topological polar surface area (TPSA) is 58.3 Å². The van der Waals surface area contributed by atoms with Crippen LogP contribution in [0, 0.1) is 12.3 Å². The number of halogens is 1. The number of guanidine groups is 1. The molecule has 1 spiro atoms. The lowest BCUT2D eigenvalue weighted by molar-refractivity contribution is 0.151. The first kappa shape index (κ1) is 19.5. The first-order valence-corrected chi connectivity index (χ1v) is 9.02. The molecule has 1 aliphatic carbocycles. The van der Waals surface area contributed by atoms with Crippen LogP contribution >= 0.6 is 24.0 Å². The van der Waals surface area contributed by atoms with Gasteiger partial charge in [0.2, 0.25) is 0 Å². The number of hydrogen-bond acceptors (Lipinski definition) is 3. The van der Waals surface area contributed by atoms with Gasteiger partial charge in [0.15, 0.2) is 11.8 Å². The van der Waals surface area contributed by atoms with E-state index in [4.69, 9.17) is 4.99 Å². The summed E-state index contributed by atoms with van der Waals surface area (Å²) in [6.45, 7) is 8.09. The van der Waals surface area contributed by atoms with Gasteiger partial charge < -0.3 is 14.8 Å². The fraction of sp³-hybridized carbons (Fsp3) is 0.824. The van der Waals surface area contributed by atoms with Crippen molar-refractivity contribution < 1.29 is 0 Å². The quantitative estimate of drug-likeness (QED) is 0.327. The molecule has 3 rings (SSSR count). The molecule has 7 heteroatoms. The van der Waals surface area contributed by atoms with E-state index in [0.29, 0.717) is 12.0 Å². The zero-order valence-corrected chi connectivity index (χ0v) is 17.5. The second-order valence-electron chi connectivity index (χ2n) is 7.17. The SMILES string of the molecule is CCCCNC(=NCc1nnc(C)n1C)N1CCC2(CCC2)C1.I. The molecule has 136 valence electrons. The van der Waals surface area contributed by atoms with E-state index >= 15 is 0 Å². The van der Waals surface area contributed by atoms with Crippen LogP contribution in [0.5, 0.6) is 0 Å². The lowest BCUT2D eigenvalue weighted by Crippen LogP contribution is -2.43. The van der Waals surface area contributed by atoms with Crippen molar-refractivity contribution in [3.8, 4) is 0 Å². The standard InChI is InChI=1S/C17H30N6.HI/c1-4-5-10-18-16(19-12-15-21-20-14(2)22(15)3)23-11-9-17(13-23)7-6-8-17;/h4-13H2,1-3H3,(H,18,19);1H. The molecule has 1 saturated heterocycles. The summed E-state index contributed by atoms with van der Waals surface area (Å²) in [5, 5.41) is 11.9. The molecule has 2 heterocycles. The predicted octanol–water partition coefficient (Wildman–Crippen LogP) is 2.86. The molecule has 0 aromatic carbocycles. The Hall–Kier alpha value is -0.860. The fourth-order valence-corrected chi connectivity index (χ4v) is 3.58. The largest absolute Gasteiger partial charge is 0.356 e. The van der Waals surface area contributed by atoms with Gasteiger partial charge in [-0.05, 0) is 38.0 Å². The highest BCUT2D eigenvalue weighted by molar-refractivity contribution is 14.0. The Morgan fingerprint density at radius 1 is 1.29 bits per heavy atom. The molecule has 1 aromatic rings. The summed E-state index contributed by atoms with van der Waals surface area (Å²) < 4.78 is 2.02. The zero-order chi connectivity index (χ0) is 16.3. The van der Waals surface area contributed by atoms with Crippen molar-refractivity contribution in [1.82, 2.24) is 25.0 Å². The highest BCUT2D eigenvalue weighted by Crippen LogP contribution is 2.47. The molecule has 0 unspecified atom stereocenters. The molecule has 1 aliphatic heterocycles. The number of nitrogens with zero attached hydrogens (tertiary/aromatic N) is 5. The van der Waals surface area contributed by atoms with Crippen LogP contribution in [0.4, 0.5) is 0 Å². The third-order valence-corrected chi connectivity index (χ3v) is 5.52. The number of likely N-dealkylation sites (tertiary alicyclic amines) is 1. The van der Waals surface area contributed by atoms with Crippen molar-refractivity contribution in [3.05, 3.63) is 11.6 Å². The Labute approximate surface area is 162 Å². The Balaban J connectivity index is 0.00000208. The van der Waals surface area contributed by atoms with E-state index in [1.807, 2.05) is 18.5 Å². The maximum atomic E-state index is 4.85. The summed E-state index contributed by atoms with van der Waals surface area (Å²) >= 11 is 0. The van der Waals surface area contributed by atoms with E-state index in [-0.39, 0.29) is 24.0 Å². The van der Waals surface area contributed by atoms with Crippen molar-refractivity contribution in [2.45, 2.75) is 58.9 Å². The number of aliphatic imine (C=N–C) groups is 1. The highest BCUT2D eigenvalue weighted by Gasteiger charge is 2.43. The van der Waals surface area contributed by atoms with Gasteiger partial charge in [-0.2, -0.15) is 0 Å². The van der Waals surface area contributed by atoms with E-state index < -0.39 is 0 Å². The van der Waals surface area contributed by atoms with Crippen LogP contribution in [0.3, 0.4) is 0 Å². The molecule has 1 aromatic heterocycles. The van der Waals surface area contributed by atoms with Crippen LogP contribution in [0.1, 0.15) is 57.1 Å². The molecular weight excluding hydrogens is 415 g/mol. The van der Waals surface area contributed by atoms with Gasteiger partial charge in [0.25, 0.3) is 0 Å². The van der Waals surface area contributed by atoms with E-state index in [2.05, 4.69) is 27.3 Å². The Morgan fingerprint density at radius 3 is 2.62 bits per heavy atom. The maximum absolute atomic E-state index is 4.85. The summed E-state index contributed by atoms with van der Waals surface area (Å²) in [5.41, 5.74) is 0.592. The van der Waals surface area contributed by atoms with Gasteiger partial charge in [-0.1, -0.05) is 19.8 Å². The lowest BCUT2D eigenvalue weighted by Gasteiger charge is -2.38. The number of aromatic nitrogens is 3. The van der Waals surface area contributed by atoms with Crippen LogP contribution in [0.15, 0.2) is 4.99 Å². The van der Waals surface area contributed by atoms with Gasteiger partial charge in [-0.25, -0.2) is 4.99 Å². The van der Waals surface area contributed by atoms with E-state index in [9.17, 15) is 0 Å². The summed E-state index contributed by atoms with van der Waals surface area (Å²) in [4.78, 5) is 7.31. The van der Waals surface area contributed by atoms with Gasteiger partial charge in [-0.15, -0.1) is 34.2 Å². The predicted molar refractivity (Wildman–Crippen MR) is 108 cm³/mol. The summed E-state index contributed by atoms with van der Waals surface area (Å²) in [6.07, 6.45) is 7.91. The van der Waals surface area contributed by atoms with Crippen molar-refractivity contribution >= 4 is 29.9 Å². The Morgan fingerprint density at radius 2 is 2.08 bits per heavy atom. The Bertz CT molecular complexity index is 563. The Kier molecular flexibility index (Phi) is 6.88. The molecule has 0 radical (unpaired) electrons. The smallest absolute Gasteiger partial charge is 0.194 e. The average Bonchev–Trinajstić information content (AvgIpc) is 3.09. The number of unbranched alkanes of at least 4 members (excludes halogenated alkanes) is 1. The van der Waals surface area contributed by atoms with Crippen LogP contribution in [0.25, 0.3) is 0 Å². The van der Waals surface area contributed by atoms with Crippen molar-refractivity contribution in [3.63, 3.8) is 0 Å². The fourth-order valence-electron chi connectivity index (χ4n) is 3.58. The molecule has 1 N–H and O–H groups in total. The minimum absolute atomic E-state index is 0. The van der Waals surface area contributed by atoms with E-state index in [1.54, 1.807) is 0 Å². The molecular formula is C17H31IN6. The first-order valence-electron chi connectivity index (χ1n) is 9.02. The summed E-state index contributed by atoms with van der Waals surface area (Å²) in [5.74, 6) is 2.92. The molecule has 1 saturated carbocycles. The second-order valence-corrected chi connectivity index (χ2v) is 7.17. The van der Waals surface area contributed by atoms with Crippen LogP contribution < -0.4 is 5.32 Å². The van der Waals surface area contributed by atoms with Crippen molar-refractivity contribution in [1.29, 1.82) is 0 Å². The number of aryl methyl sites for hydroxylation is 1. The molecule has 0 bridgehead atoms. The van der Waals surface area contributed by atoms with E-state index in [0.717, 1.165) is 30.7 Å². The minimum atomic E-state index is 0. The number of hydrogen-bond donors (Lipinski definition) is 1. The molecule has 2 aliphatic rings. The van der Waals surface area contributed by atoms with Gasteiger partial charge in [-0.3, -0.25) is 0 Å². The maximum Gasteiger partial charge on any atom is 0.194 e. The summed E-state index contributed by atoms with van der Waals surface area (Å²) in [7, 11) is 2.00. The monoisotopic (exact) mass is 446 g/mol.